The highest BCUT2D eigenvalue weighted by Crippen LogP contribution is 2.32. The molecule has 2 amide bonds. The lowest BCUT2D eigenvalue weighted by Gasteiger charge is -2.27. The van der Waals surface area contributed by atoms with Crippen LogP contribution in [0.5, 0.6) is 0 Å². The van der Waals surface area contributed by atoms with E-state index < -0.39 is 0 Å². The summed E-state index contributed by atoms with van der Waals surface area (Å²) in [5.74, 6) is -0.541. The summed E-state index contributed by atoms with van der Waals surface area (Å²) in [5, 5.41) is 0. The monoisotopic (exact) mass is 380 g/mol. The van der Waals surface area contributed by atoms with Gasteiger partial charge in [0.2, 0.25) is 5.91 Å². The van der Waals surface area contributed by atoms with Gasteiger partial charge in [-0.1, -0.05) is 36.1 Å². The summed E-state index contributed by atoms with van der Waals surface area (Å²) in [7, 11) is 0. The Kier molecular flexibility index (Phi) is 5.82. The summed E-state index contributed by atoms with van der Waals surface area (Å²) in [5.41, 5.74) is 0.728. The number of nitrogens with zero attached hydrogens (tertiary/aromatic N) is 2. The van der Waals surface area contributed by atoms with E-state index >= 15 is 0 Å². The first kappa shape index (κ1) is 18.0. The summed E-state index contributed by atoms with van der Waals surface area (Å²) >= 11 is 6.46. The lowest BCUT2D eigenvalue weighted by atomic mass is 10.2. The van der Waals surface area contributed by atoms with Gasteiger partial charge in [-0.25, -0.2) is 4.39 Å². The van der Waals surface area contributed by atoms with Crippen molar-refractivity contribution in [2.24, 2.45) is 0 Å². The summed E-state index contributed by atoms with van der Waals surface area (Å²) < 4.78 is 18.6. The minimum atomic E-state index is -0.327. The van der Waals surface area contributed by atoms with Gasteiger partial charge < -0.3 is 9.64 Å². The average molecular weight is 380 g/mol. The molecule has 0 atom stereocenters. The number of carbonyl (C=O) groups excluding carboxylic acids is 2. The molecule has 5 nitrogen and oxygen atoms in total. The Morgan fingerprint density at radius 2 is 1.96 bits per heavy atom. The molecule has 0 bridgehead atoms. The molecule has 2 aliphatic rings. The molecule has 1 aromatic carbocycles. The topological polar surface area (TPSA) is 49.9 Å². The standard InChI is InChI=1S/C17H17FN2O3S2/c18-13-3-1-12(2-4-13)11-14-16(22)20(17(24)25-14)6-5-15(21)19-7-9-23-10-8-19/h1-4,11H,5-10H2/b14-11+. The Labute approximate surface area is 154 Å². The van der Waals surface area contributed by atoms with Crippen molar-refractivity contribution < 1.29 is 18.7 Å². The van der Waals surface area contributed by atoms with E-state index in [1.54, 1.807) is 23.1 Å². The van der Waals surface area contributed by atoms with Gasteiger partial charge in [0.1, 0.15) is 10.1 Å². The molecule has 0 radical (unpaired) electrons. The molecule has 8 heteroatoms. The van der Waals surface area contributed by atoms with Gasteiger partial charge in [0, 0.05) is 26.1 Å². The highest BCUT2D eigenvalue weighted by molar-refractivity contribution is 8.26. The number of carbonyl (C=O) groups is 2. The van der Waals surface area contributed by atoms with E-state index in [4.69, 9.17) is 17.0 Å². The normalized spacial score (nSPS) is 19.8. The smallest absolute Gasteiger partial charge is 0.266 e. The maximum Gasteiger partial charge on any atom is 0.266 e. The van der Waals surface area contributed by atoms with Gasteiger partial charge in [0.05, 0.1) is 18.1 Å². The molecule has 0 aliphatic carbocycles. The van der Waals surface area contributed by atoms with Gasteiger partial charge in [0.25, 0.3) is 5.91 Å². The van der Waals surface area contributed by atoms with Crippen molar-refractivity contribution in [3.05, 3.63) is 40.6 Å². The van der Waals surface area contributed by atoms with Crippen LogP contribution in [0.25, 0.3) is 6.08 Å². The highest BCUT2D eigenvalue weighted by Gasteiger charge is 2.32. The van der Waals surface area contributed by atoms with E-state index in [0.717, 1.165) is 5.56 Å². The fourth-order valence-corrected chi connectivity index (χ4v) is 3.89. The van der Waals surface area contributed by atoms with E-state index in [2.05, 4.69) is 0 Å². The van der Waals surface area contributed by atoms with Crippen molar-refractivity contribution in [1.82, 2.24) is 9.80 Å². The minimum Gasteiger partial charge on any atom is -0.378 e. The van der Waals surface area contributed by atoms with Crippen LogP contribution in [-0.4, -0.2) is 58.8 Å². The number of thiocarbonyl (C=S) groups is 1. The van der Waals surface area contributed by atoms with Gasteiger partial charge in [-0.05, 0) is 23.8 Å². The molecule has 2 heterocycles. The first-order valence-corrected chi connectivity index (χ1v) is 9.13. The zero-order chi connectivity index (χ0) is 17.8. The Morgan fingerprint density at radius 1 is 1.28 bits per heavy atom. The molecule has 2 aliphatic heterocycles. The predicted octanol–water partition coefficient (Wildman–Crippen LogP) is 2.28. The molecular weight excluding hydrogens is 363 g/mol. The van der Waals surface area contributed by atoms with Gasteiger partial charge in [-0.3, -0.25) is 14.5 Å². The fraction of sp³-hybridized carbons (Fsp3) is 0.353. The van der Waals surface area contributed by atoms with Crippen molar-refractivity contribution in [2.75, 3.05) is 32.8 Å². The highest BCUT2D eigenvalue weighted by atomic mass is 32.2. The lowest BCUT2D eigenvalue weighted by molar-refractivity contribution is -0.135. The number of ether oxygens (including phenoxy) is 1. The quantitative estimate of drug-likeness (QED) is 0.593. The summed E-state index contributed by atoms with van der Waals surface area (Å²) in [6, 6.07) is 5.88. The van der Waals surface area contributed by atoms with E-state index in [1.165, 1.54) is 28.8 Å². The third-order valence-corrected chi connectivity index (χ3v) is 5.33. The van der Waals surface area contributed by atoms with Crippen LogP contribution in [0.1, 0.15) is 12.0 Å². The van der Waals surface area contributed by atoms with Gasteiger partial charge in [0.15, 0.2) is 0 Å². The largest absolute Gasteiger partial charge is 0.378 e. The molecule has 1 aromatic rings. The third-order valence-electron chi connectivity index (χ3n) is 3.95. The van der Waals surface area contributed by atoms with Crippen molar-refractivity contribution in [1.29, 1.82) is 0 Å². The van der Waals surface area contributed by atoms with Crippen molar-refractivity contribution in [3.63, 3.8) is 0 Å². The number of hydrogen-bond acceptors (Lipinski definition) is 5. The molecular formula is C17H17FN2O3S2. The molecule has 0 unspecified atom stereocenters. The first-order chi connectivity index (χ1) is 12.0. The second kappa shape index (κ2) is 8.07. The summed E-state index contributed by atoms with van der Waals surface area (Å²) in [6.07, 6.45) is 1.92. The number of thioether (sulfide) groups is 1. The molecule has 132 valence electrons. The molecule has 2 saturated heterocycles. The maximum absolute atomic E-state index is 13.0. The number of hydrogen-bond donors (Lipinski definition) is 0. The van der Waals surface area contributed by atoms with Crippen molar-refractivity contribution >= 4 is 46.2 Å². The van der Waals surface area contributed by atoms with E-state index in [1.807, 2.05) is 0 Å². The zero-order valence-corrected chi connectivity index (χ0v) is 15.1. The minimum absolute atomic E-state index is 0.000126. The second-order valence-corrected chi connectivity index (χ2v) is 7.30. The second-order valence-electron chi connectivity index (χ2n) is 5.63. The number of morpholine rings is 1. The number of amides is 2. The van der Waals surface area contributed by atoms with Crippen LogP contribution in [0, 0.1) is 5.82 Å². The van der Waals surface area contributed by atoms with Crippen LogP contribution in [0.15, 0.2) is 29.2 Å². The summed E-state index contributed by atoms with van der Waals surface area (Å²) in [4.78, 5) is 28.4. The van der Waals surface area contributed by atoms with Crippen LogP contribution >= 0.6 is 24.0 Å². The fourth-order valence-electron chi connectivity index (χ4n) is 2.58. The van der Waals surface area contributed by atoms with Crippen molar-refractivity contribution in [3.8, 4) is 0 Å². The van der Waals surface area contributed by atoms with Crippen LogP contribution in [0.3, 0.4) is 0 Å². The average Bonchev–Trinajstić information content (AvgIpc) is 2.89. The molecule has 0 saturated carbocycles. The zero-order valence-electron chi connectivity index (χ0n) is 13.4. The SMILES string of the molecule is O=C(CCN1C(=O)/C(=C\c2ccc(F)cc2)SC1=S)N1CCOCC1. The van der Waals surface area contributed by atoms with Gasteiger partial charge >= 0.3 is 0 Å². The Balaban J connectivity index is 1.61. The molecule has 2 fully saturated rings. The molecule has 0 N–H and O–H groups in total. The third kappa shape index (κ3) is 4.45. The Hall–Kier alpha value is -1.77. The Morgan fingerprint density at radius 3 is 2.64 bits per heavy atom. The lowest BCUT2D eigenvalue weighted by Crippen LogP contribution is -2.42. The van der Waals surface area contributed by atoms with E-state index in [-0.39, 0.29) is 30.6 Å². The van der Waals surface area contributed by atoms with E-state index in [0.29, 0.717) is 35.5 Å². The van der Waals surface area contributed by atoms with Crippen LogP contribution in [-0.2, 0) is 14.3 Å². The number of halogens is 1. The van der Waals surface area contributed by atoms with E-state index in [9.17, 15) is 14.0 Å². The Bertz CT molecular complexity index is 715. The van der Waals surface area contributed by atoms with Crippen molar-refractivity contribution in [2.45, 2.75) is 6.42 Å². The molecule has 0 aromatic heterocycles. The summed E-state index contributed by atoms with van der Waals surface area (Å²) in [6.45, 7) is 2.53. The van der Waals surface area contributed by atoms with Gasteiger partial charge in [-0.2, -0.15) is 0 Å². The number of benzene rings is 1. The first-order valence-electron chi connectivity index (χ1n) is 7.91. The van der Waals surface area contributed by atoms with Crippen LogP contribution in [0.2, 0.25) is 0 Å². The maximum atomic E-state index is 13.0. The van der Waals surface area contributed by atoms with Crippen LogP contribution in [0.4, 0.5) is 4.39 Å². The predicted molar refractivity (Wildman–Crippen MR) is 98.3 cm³/mol. The molecule has 0 spiro atoms. The molecule has 3 rings (SSSR count). The molecule has 25 heavy (non-hydrogen) atoms. The number of rotatable bonds is 4. The van der Waals surface area contributed by atoms with Gasteiger partial charge in [-0.15, -0.1) is 0 Å². The van der Waals surface area contributed by atoms with Crippen LogP contribution < -0.4 is 0 Å².